The summed E-state index contributed by atoms with van der Waals surface area (Å²) in [5.41, 5.74) is 8.85. The number of hydrogen-bond acceptors (Lipinski definition) is 1. The van der Waals surface area contributed by atoms with Crippen LogP contribution in [0.3, 0.4) is 0 Å². The van der Waals surface area contributed by atoms with Gasteiger partial charge < -0.3 is 4.57 Å². The predicted molar refractivity (Wildman–Crippen MR) is 153 cm³/mol. The third-order valence-corrected chi connectivity index (χ3v) is 8.53. The predicted octanol–water partition coefficient (Wildman–Crippen LogP) is 9.74. The van der Waals surface area contributed by atoms with Crippen molar-refractivity contribution in [3.8, 4) is 27.9 Å². The van der Waals surface area contributed by atoms with Crippen molar-refractivity contribution in [2.24, 2.45) is 0 Å². The van der Waals surface area contributed by atoms with E-state index in [0.29, 0.717) is 0 Å². The summed E-state index contributed by atoms with van der Waals surface area (Å²) in [6.07, 6.45) is 0. The largest absolute Gasteiger partial charge is 0.309 e. The van der Waals surface area contributed by atoms with Gasteiger partial charge in [0.1, 0.15) is 0 Å². The van der Waals surface area contributed by atoms with Crippen molar-refractivity contribution in [1.29, 1.82) is 0 Å². The monoisotopic (exact) mass is 475 g/mol. The zero-order chi connectivity index (χ0) is 23.6. The van der Waals surface area contributed by atoms with Crippen LogP contribution in [0.4, 0.5) is 0 Å². The van der Waals surface area contributed by atoms with Gasteiger partial charge in [-0.1, -0.05) is 103 Å². The molecule has 36 heavy (non-hydrogen) atoms. The summed E-state index contributed by atoms with van der Waals surface area (Å²) >= 11 is 1.88. The summed E-state index contributed by atoms with van der Waals surface area (Å²) in [5, 5.41) is 5.24. The Bertz CT molecular complexity index is 1960. The molecule has 0 saturated heterocycles. The van der Waals surface area contributed by atoms with Crippen LogP contribution in [0.25, 0.3) is 60.5 Å². The van der Waals surface area contributed by atoms with E-state index in [2.05, 4.69) is 132 Å². The Balaban J connectivity index is 1.42. The summed E-state index contributed by atoms with van der Waals surface area (Å²) in [7, 11) is 0. The zero-order valence-corrected chi connectivity index (χ0v) is 20.3. The van der Waals surface area contributed by atoms with E-state index < -0.39 is 0 Å². The highest BCUT2D eigenvalue weighted by atomic mass is 32.2. The molecule has 0 spiro atoms. The Morgan fingerprint density at radius 2 is 1.19 bits per heavy atom. The summed E-state index contributed by atoms with van der Waals surface area (Å²) < 4.78 is 2.39. The second kappa shape index (κ2) is 7.61. The van der Waals surface area contributed by atoms with Crippen molar-refractivity contribution in [3.63, 3.8) is 0 Å². The molecule has 6 aromatic carbocycles. The van der Waals surface area contributed by atoms with Crippen molar-refractivity contribution >= 4 is 44.3 Å². The minimum atomic E-state index is 1.19. The second-order valence-corrected chi connectivity index (χ2v) is 10.4. The first kappa shape index (κ1) is 20.0. The van der Waals surface area contributed by atoms with Gasteiger partial charge >= 0.3 is 0 Å². The van der Waals surface area contributed by atoms with Crippen LogP contribution in [-0.4, -0.2) is 4.57 Å². The van der Waals surface area contributed by atoms with Gasteiger partial charge in [0.2, 0.25) is 0 Å². The topological polar surface area (TPSA) is 4.93 Å². The fourth-order valence-electron chi connectivity index (χ4n) is 5.83. The average molecular weight is 476 g/mol. The second-order valence-electron chi connectivity index (χ2n) is 9.36. The average Bonchev–Trinajstić information content (AvgIpc) is 3.27. The maximum Gasteiger partial charge on any atom is 0.0547 e. The molecule has 2 heterocycles. The van der Waals surface area contributed by atoms with Crippen molar-refractivity contribution in [2.45, 2.75) is 9.79 Å². The summed E-state index contributed by atoms with van der Waals surface area (Å²) in [6.45, 7) is 0. The molecule has 168 valence electrons. The molecule has 1 aromatic heterocycles. The van der Waals surface area contributed by atoms with Crippen LogP contribution >= 0.6 is 11.8 Å². The molecule has 0 radical (unpaired) electrons. The number of rotatable bonds is 2. The lowest BCUT2D eigenvalue weighted by atomic mass is 9.92. The molecule has 1 nitrogen and oxygen atoms in total. The summed E-state index contributed by atoms with van der Waals surface area (Å²) in [4.78, 5) is 2.67. The third-order valence-electron chi connectivity index (χ3n) is 7.40. The van der Waals surface area contributed by atoms with Crippen LogP contribution in [0, 0.1) is 0 Å². The van der Waals surface area contributed by atoms with E-state index in [1.54, 1.807) is 0 Å². The van der Waals surface area contributed by atoms with E-state index in [9.17, 15) is 0 Å². The fourth-order valence-corrected chi connectivity index (χ4v) is 6.96. The lowest BCUT2D eigenvalue weighted by Gasteiger charge is -2.21. The molecule has 0 fully saturated rings. The molecule has 1 aliphatic heterocycles. The molecule has 0 unspecified atom stereocenters. The molecule has 0 aliphatic carbocycles. The van der Waals surface area contributed by atoms with Crippen molar-refractivity contribution in [1.82, 2.24) is 4.57 Å². The van der Waals surface area contributed by atoms with Crippen LogP contribution in [0.15, 0.2) is 137 Å². The van der Waals surface area contributed by atoms with E-state index in [1.165, 1.54) is 70.3 Å². The first-order valence-corrected chi connectivity index (χ1v) is 13.1. The quantitative estimate of drug-likeness (QED) is 0.241. The SMILES string of the molecule is c1ccc(-n2c3ccccc3c3ccc(-c4ccc5c6c(cccc46)-c4ccccc4S5)cc32)cc1. The first-order valence-electron chi connectivity index (χ1n) is 12.3. The molecule has 1 aliphatic rings. The smallest absolute Gasteiger partial charge is 0.0547 e. The van der Waals surface area contributed by atoms with Crippen LogP contribution in [0.2, 0.25) is 0 Å². The highest BCUT2D eigenvalue weighted by molar-refractivity contribution is 7.99. The van der Waals surface area contributed by atoms with Crippen LogP contribution in [-0.2, 0) is 0 Å². The number of para-hydroxylation sites is 2. The Morgan fingerprint density at radius 3 is 2.14 bits per heavy atom. The first-order chi connectivity index (χ1) is 17.9. The Kier molecular flexibility index (Phi) is 4.22. The Hall–Kier alpha value is -4.27. The normalized spacial score (nSPS) is 12.3. The van der Waals surface area contributed by atoms with Gasteiger partial charge in [-0.3, -0.25) is 0 Å². The van der Waals surface area contributed by atoms with Crippen LogP contribution < -0.4 is 0 Å². The number of aromatic nitrogens is 1. The van der Waals surface area contributed by atoms with Crippen molar-refractivity contribution in [3.05, 3.63) is 127 Å². The van der Waals surface area contributed by atoms with Gasteiger partial charge in [-0.2, -0.15) is 0 Å². The summed E-state index contributed by atoms with van der Waals surface area (Å²) in [6, 6.07) is 46.5. The van der Waals surface area contributed by atoms with Gasteiger partial charge in [-0.05, 0) is 64.0 Å². The number of benzene rings is 6. The van der Waals surface area contributed by atoms with Gasteiger partial charge in [0.05, 0.1) is 11.0 Å². The van der Waals surface area contributed by atoms with Crippen LogP contribution in [0.5, 0.6) is 0 Å². The molecule has 0 amide bonds. The molecule has 0 bridgehead atoms. The number of fused-ring (bicyclic) bond motifs is 5. The van der Waals surface area contributed by atoms with Crippen molar-refractivity contribution in [2.75, 3.05) is 0 Å². The van der Waals surface area contributed by atoms with Gasteiger partial charge in [-0.15, -0.1) is 0 Å². The van der Waals surface area contributed by atoms with Gasteiger partial charge in [0, 0.05) is 31.6 Å². The maximum atomic E-state index is 2.39. The van der Waals surface area contributed by atoms with Gasteiger partial charge in [0.25, 0.3) is 0 Å². The summed E-state index contributed by atoms with van der Waals surface area (Å²) in [5.74, 6) is 0. The van der Waals surface area contributed by atoms with E-state index in [4.69, 9.17) is 0 Å². The van der Waals surface area contributed by atoms with E-state index in [1.807, 2.05) is 11.8 Å². The molecular formula is C34H21NS. The lowest BCUT2D eigenvalue weighted by molar-refractivity contribution is 1.18. The molecule has 8 rings (SSSR count). The maximum absolute atomic E-state index is 2.39. The van der Waals surface area contributed by atoms with Gasteiger partial charge in [0.15, 0.2) is 0 Å². The van der Waals surface area contributed by atoms with Crippen LogP contribution in [0.1, 0.15) is 0 Å². The lowest BCUT2D eigenvalue weighted by Crippen LogP contribution is -1.95. The molecule has 0 atom stereocenters. The zero-order valence-electron chi connectivity index (χ0n) is 19.5. The van der Waals surface area contributed by atoms with E-state index in [0.717, 1.165) is 0 Å². The number of hydrogen-bond donors (Lipinski definition) is 0. The van der Waals surface area contributed by atoms with Gasteiger partial charge in [-0.25, -0.2) is 0 Å². The Morgan fingerprint density at radius 1 is 0.444 bits per heavy atom. The minimum Gasteiger partial charge on any atom is -0.309 e. The standard InChI is InChI=1S/C34H21NS/c1-2-9-23(10-3-1)35-30-15-6-4-11-25(30)26-18-17-22(21-31(26)35)24-19-20-33-34-28(24)13-8-14-29(34)27-12-5-7-16-32(27)36-33/h1-21H. The molecular weight excluding hydrogens is 454 g/mol. The molecule has 2 heteroatoms. The third kappa shape index (κ3) is 2.79. The molecule has 0 saturated carbocycles. The van der Waals surface area contributed by atoms with E-state index in [-0.39, 0.29) is 0 Å². The fraction of sp³-hybridized carbons (Fsp3) is 0. The highest BCUT2D eigenvalue weighted by Gasteiger charge is 2.21. The molecule has 0 N–H and O–H groups in total. The van der Waals surface area contributed by atoms with E-state index >= 15 is 0 Å². The molecule has 7 aromatic rings. The minimum absolute atomic E-state index is 1.19. The van der Waals surface area contributed by atoms with Crippen molar-refractivity contribution < 1.29 is 0 Å². The Labute approximate surface area is 213 Å². The number of nitrogens with zero attached hydrogens (tertiary/aromatic N) is 1. The highest BCUT2D eigenvalue weighted by Crippen LogP contribution is 2.49.